The summed E-state index contributed by atoms with van der Waals surface area (Å²) in [6.45, 7) is -0.0406. The molecule has 3 rings (SSSR count). The number of ether oxygens (including phenoxy) is 2. The number of nitrogens with one attached hydrogen (secondary N) is 1. The average molecular weight is 353 g/mol. The standard InChI is InChI=1S/C20H19NO3S/c1-23-16-9-11-17(12-10-16)24-14-19(22)21-20(18-8-5-13-25-18)15-6-3-2-4-7-15/h2-13,20H,14H2,1H3,(H,21,22)/t20-/m1/s1. The molecule has 5 heteroatoms. The summed E-state index contributed by atoms with van der Waals surface area (Å²) in [4.78, 5) is 13.4. The largest absolute Gasteiger partial charge is 0.497 e. The van der Waals surface area contributed by atoms with E-state index in [4.69, 9.17) is 9.47 Å². The van der Waals surface area contributed by atoms with Gasteiger partial charge in [0.15, 0.2) is 6.61 Å². The summed E-state index contributed by atoms with van der Waals surface area (Å²) in [6, 6.07) is 20.9. The maximum Gasteiger partial charge on any atom is 0.258 e. The lowest BCUT2D eigenvalue weighted by atomic mass is 10.1. The highest BCUT2D eigenvalue weighted by molar-refractivity contribution is 7.10. The van der Waals surface area contributed by atoms with Crippen LogP contribution in [0.25, 0.3) is 0 Å². The lowest BCUT2D eigenvalue weighted by molar-refractivity contribution is -0.123. The number of methoxy groups -OCH3 is 1. The van der Waals surface area contributed by atoms with Gasteiger partial charge in [-0.05, 0) is 41.3 Å². The third-order valence-electron chi connectivity index (χ3n) is 3.70. The first-order valence-corrected chi connectivity index (χ1v) is 8.79. The second-order valence-electron chi connectivity index (χ2n) is 5.39. The molecule has 1 aromatic heterocycles. The molecular formula is C20H19NO3S. The van der Waals surface area contributed by atoms with E-state index in [2.05, 4.69) is 5.32 Å². The second-order valence-corrected chi connectivity index (χ2v) is 6.37. The highest BCUT2D eigenvalue weighted by atomic mass is 32.1. The first-order valence-electron chi connectivity index (χ1n) is 7.91. The third-order valence-corrected chi connectivity index (χ3v) is 4.63. The Labute approximate surface area is 151 Å². The highest BCUT2D eigenvalue weighted by Crippen LogP contribution is 2.26. The van der Waals surface area contributed by atoms with Gasteiger partial charge in [-0.3, -0.25) is 4.79 Å². The number of thiophene rings is 1. The SMILES string of the molecule is COc1ccc(OCC(=O)N[C@H](c2ccccc2)c2cccs2)cc1. The van der Waals surface area contributed by atoms with Gasteiger partial charge in [-0.1, -0.05) is 36.4 Å². The van der Waals surface area contributed by atoms with Crippen molar-refractivity contribution in [2.75, 3.05) is 13.7 Å². The van der Waals surface area contributed by atoms with Gasteiger partial charge in [0, 0.05) is 4.88 Å². The van der Waals surface area contributed by atoms with E-state index >= 15 is 0 Å². The summed E-state index contributed by atoms with van der Waals surface area (Å²) < 4.78 is 10.7. The van der Waals surface area contributed by atoms with Crippen molar-refractivity contribution in [2.24, 2.45) is 0 Å². The van der Waals surface area contributed by atoms with E-state index in [1.165, 1.54) is 0 Å². The van der Waals surface area contributed by atoms with Gasteiger partial charge in [0.1, 0.15) is 11.5 Å². The van der Waals surface area contributed by atoms with Crippen LogP contribution in [0, 0.1) is 0 Å². The third kappa shape index (κ3) is 4.61. The first kappa shape index (κ1) is 17.0. The van der Waals surface area contributed by atoms with Crippen LogP contribution < -0.4 is 14.8 Å². The van der Waals surface area contributed by atoms with Crippen molar-refractivity contribution in [3.8, 4) is 11.5 Å². The molecule has 0 aliphatic heterocycles. The normalized spacial score (nSPS) is 11.6. The molecule has 1 amide bonds. The predicted molar refractivity (Wildman–Crippen MR) is 99.2 cm³/mol. The van der Waals surface area contributed by atoms with Crippen LogP contribution in [0.5, 0.6) is 11.5 Å². The van der Waals surface area contributed by atoms with E-state index in [0.717, 1.165) is 16.2 Å². The van der Waals surface area contributed by atoms with Gasteiger partial charge in [-0.15, -0.1) is 11.3 Å². The van der Waals surface area contributed by atoms with E-state index in [9.17, 15) is 4.79 Å². The van der Waals surface area contributed by atoms with Gasteiger partial charge < -0.3 is 14.8 Å². The van der Waals surface area contributed by atoms with Gasteiger partial charge in [0.2, 0.25) is 0 Å². The zero-order valence-corrected chi connectivity index (χ0v) is 14.7. The van der Waals surface area contributed by atoms with Crippen LogP contribution in [0.3, 0.4) is 0 Å². The summed E-state index contributed by atoms with van der Waals surface area (Å²) in [5, 5.41) is 5.06. The van der Waals surface area contributed by atoms with Crippen molar-refractivity contribution >= 4 is 17.2 Å². The highest BCUT2D eigenvalue weighted by Gasteiger charge is 2.17. The Morgan fingerprint density at radius 1 is 1.00 bits per heavy atom. The van der Waals surface area contributed by atoms with Crippen LogP contribution in [-0.4, -0.2) is 19.6 Å². The first-order chi connectivity index (χ1) is 12.3. The molecule has 0 saturated heterocycles. The Hall–Kier alpha value is -2.79. The summed E-state index contributed by atoms with van der Waals surface area (Å²) in [6.07, 6.45) is 0. The molecular weight excluding hydrogens is 334 g/mol. The summed E-state index contributed by atoms with van der Waals surface area (Å²) in [5.74, 6) is 1.21. The van der Waals surface area contributed by atoms with E-state index in [0.29, 0.717) is 5.75 Å². The zero-order valence-electron chi connectivity index (χ0n) is 13.8. The van der Waals surface area contributed by atoms with Crippen molar-refractivity contribution in [1.29, 1.82) is 0 Å². The molecule has 0 fully saturated rings. The molecule has 2 aromatic carbocycles. The van der Waals surface area contributed by atoms with Crippen LogP contribution in [0.4, 0.5) is 0 Å². The predicted octanol–water partition coefficient (Wildman–Crippen LogP) is 4.04. The number of carbonyl (C=O) groups excluding carboxylic acids is 1. The molecule has 0 aliphatic rings. The van der Waals surface area contributed by atoms with Crippen LogP contribution in [0.2, 0.25) is 0 Å². The van der Waals surface area contributed by atoms with Crippen molar-refractivity contribution in [1.82, 2.24) is 5.32 Å². The Balaban J connectivity index is 1.64. The molecule has 0 spiro atoms. The van der Waals surface area contributed by atoms with Crippen molar-refractivity contribution < 1.29 is 14.3 Å². The molecule has 4 nitrogen and oxygen atoms in total. The van der Waals surface area contributed by atoms with Gasteiger partial charge in [-0.25, -0.2) is 0 Å². The monoisotopic (exact) mass is 353 g/mol. The molecule has 0 radical (unpaired) electrons. The Bertz CT molecular complexity index is 786. The van der Waals surface area contributed by atoms with Crippen molar-refractivity contribution in [3.05, 3.63) is 82.6 Å². The van der Waals surface area contributed by atoms with Crippen LogP contribution in [0.1, 0.15) is 16.5 Å². The number of rotatable bonds is 7. The van der Waals surface area contributed by atoms with E-state index in [1.807, 2.05) is 47.8 Å². The maximum atomic E-state index is 12.4. The van der Waals surface area contributed by atoms with Crippen LogP contribution >= 0.6 is 11.3 Å². The molecule has 0 aliphatic carbocycles. The smallest absolute Gasteiger partial charge is 0.258 e. The van der Waals surface area contributed by atoms with Gasteiger partial charge in [0.05, 0.1) is 13.2 Å². The maximum absolute atomic E-state index is 12.4. The molecule has 0 saturated carbocycles. The summed E-state index contributed by atoms with van der Waals surface area (Å²) in [5.41, 5.74) is 1.04. The zero-order chi connectivity index (χ0) is 17.5. The Morgan fingerprint density at radius 3 is 2.36 bits per heavy atom. The quantitative estimate of drug-likeness (QED) is 0.697. The molecule has 1 heterocycles. The average Bonchev–Trinajstić information content (AvgIpc) is 3.20. The minimum Gasteiger partial charge on any atom is -0.497 e. The molecule has 1 N–H and O–H groups in total. The van der Waals surface area contributed by atoms with Gasteiger partial charge in [0.25, 0.3) is 5.91 Å². The fourth-order valence-electron chi connectivity index (χ4n) is 2.44. The number of benzene rings is 2. The van der Waals surface area contributed by atoms with E-state index < -0.39 is 0 Å². The van der Waals surface area contributed by atoms with Crippen LogP contribution in [-0.2, 0) is 4.79 Å². The Morgan fingerprint density at radius 2 is 1.72 bits per heavy atom. The fourth-order valence-corrected chi connectivity index (χ4v) is 3.25. The number of amides is 1. The molecule has 1 atom stereocenters. The number of hydrogen-bond donors (Lipinski definition) is 1. The fraction of sp³-hybridized carbons (Fsp3) is 0.150. The lowest BCUT2D eigenvalue weighted by Crippen LogP contribution is -2.32. The van der Waals surface area contributed by atoms with E-state index in [1.54, 1.807) is 42.7 Å². The van der Waals surface area contributed by atoms with Crippen molar-refractivity contribution in [3.63, 3.8) is 0 Å². The second kappa shape index (κ2) is 8.35. The molecule has 3 aromatic rings. The van der Waals surface area contributed by atoms with Crippen LogP contribution in [0.15, 0.2) is 72.1 Å². The summed E-state index contributed by atoms with van der Waals surface area (Å²) in [7, 11) is 1.61. The minimum atomic E-state index is -0.173. The number of hydrogen-bond acceptors (Lipinski definition) is 4. The molecule has 128 valence electrons. The number of carbonyl (C=O) groups is 1. The topological polar surface area (TPSA) is 47.6 Å². The lowest BCUT2D eigenvalue weighted by Gasteiger charge is -2.18. The summed E-state index contributed by atoms with van der Waals surface area (Å²) >= 11 is 1.62. The Kier molecular flexibility index (Phi) is 5.69. The minimum absolute atomic E-state index is 0.0406. The van der Waals surface area contributed by atoms with E-state index in [-0.39, 0.29) is 18.6 Å². The molecule has 0 unspecified atom stereocenters. The molecule has 25 heavy (non-hydrogen) atoms. The van der Waals surface area contributed by atoms with Crippen molar-refractivity contribution in [2.45, 2.75) is 6.04 Å². The molecule has 0 bridgehead atoms. The van der Waals surface area contributed by atoms with Gasteiger partial charge >= 0.3 is 0 Å². The van der Waals surface area contributed by atoms with Gasteiger partial charge in [-0.2, -0.15) is 0 Å².